The molecule has 1 aliphatic heterocycles. The summed E-state index contributed by atoms with van der Waals surface area (Å²) in [5, 5.41) is 0. The first kappa shape index (κ1) is 22.1. The number of rotatable bonds is 6. The zero-order valence-corrected chi connectivity index (χ0v) is 18.8. The van der Waals surface area contributed by atoms with Crippen LogP contribution < -0.4 is 9.62 Å². The first-order valence-electron chi connectivity index (χ1n) is 9.76. The molecule has 1 heterocycles. The summed E-state index contributed by atoms with van der Waals surface area (Å²) in [6.45, 7) is 0.751. The summed E-state index contributed by atoms with van der Waals surface area (Å²) in [5.74, 6) is -1.28. The third-order valence-corrected chi connectivity index (χ3v) is 7.32. The molecule has 164 valence electrons. The number of ether oxygens (including phenoxy) is 1. The smallest absolute Gasteiger partial charge is 0.321 e. The Morgan fingerprint density at radius 1 is 0.906 bits per heavy atom. The predicted molar refractivity (Wildman–Crippen MR) is 121 cm³/mol. The van der Waals surface area contributed by atoms with Crippen molar-refractivity contribution in [2.75, 3.05) is 18.1 Å². The Bertz CT molecular complexity index is 1230. The van der Waals surface area contributed by atoms with Crippen molar-refractivity contribution >= 4 is 45.0 Å². The highest BCUT2D eigenvalue weighted by molar-refractivity contribution is 7.99. The SMILES string of the molecule is Cc1ccc(S(=O)(=O)NCC(=O)OCC(=O)N2c3ccccc3Sc3ccccc32)cc1. The number of carbonyl (C=O) groups excluding carboxylic acids is 2. The van der Waals surface area contributed by atoms with Gasteiger partial charge in [-0.3, -0.25) is 14.5 Å². The van der Waals surface area contributed by atoms with Gasteiger partial charge in [0.2, 0.25) is 10.0 Å². The van der Waals surface area contributed by atoms with E-state index in [1.807, 2.05) is 55.5 Å². The van der Waals surface area contributed by atoms with Gasteiger partial charge >= 0.3 is 5.97 Å². The van der Waals surface area contributed by atoms with Crippen molar-refractivity contribution < 1.29 is 22.7 Å². The quantitative estimate of drug-likeness (QED) is 0.555. The molecule has 0 atom stereocenters. The molecule has 32 heavy (non-hydrogen) atoms. The molecule has 0 saturated carbocycles. The van der Waals surface area contributed by atoms with Gasteiger partial charge in [0.05, 0.1) is 16.3 Å². The van der Waals surface area contributed by atoms with Gasteiger partial charge in [0, 0.05) is 9.79 Å². The number of hydrogen-bond acceptors (Lipinski definition) is 6. The second kappa shape index (κ2) is 9.15. The van der Waals surface area contributed by atoms with Crippen molar-refractivity contribution in [3.63, 3.8) is 0 Å². The Hall–Kier alpha value is -3.14. The third kappa shape index (κ3) is 4.69. The minimum Gasteiger partial charge on any atom is -0.455 e. The van der Waals surface area contributed by atoms with Gasteiger partial charge in [-0.25, -0.2) is 8.42 Å². The van der Waals surface area contributed by atoms with Gasteiger partial charge in [-0.2, -0.15) is 4.72 Å². The number of fused-ring (bicyclic) bond motifs is 2. The monoisotopic (exact) mass is 468 g/mol. The topological polar surface area (TPSA) is 92.8 Å². The van der Waals surface area contributed by atoms with Crippen molar-refractivity contribution in [1.29, 1.82) is 0 Å². The minimum atomic E-state index is -3.86. The van der Waals surface area contributed by atoms with E-state index in [0.717, 1.165) is 15.4 Å². The molecule has 1 N–H and O–H groups in total. The van der Waals surface area contributed by atoms with Gasteiger partial charge in [0.1, 0.15) is 6.54 Å². The molecule has 1 amide bonds. The van der Waals surface area contributed by atoms with Gasteiger partial charge < -0.3 is 4.74 Å². The molecule has 9 heteroatoms. The summed E-state index contributed by atoms with van der Waals surface area (Å²) in [5.41, 5.74) is 2.33. The maximum absolute atomic E-state index is 13.0. The van der Waals surface area contributed by atoms with Crippen LogP contribution >= 0.6 is 11.8 Å². The molecule has 3 aromatic carbocycles. The van der Waals surface area contributed by atoms with Crippen molar-refractivity contribution in [2.24, 2.45) is 0 Å². The van der Waals surface area contributed by atoms with E-state index in [1.54, 1.807) is 23.9 Å². The number of sulfonamides is 1. The predicted octanol–water partition coefficient (Wildman–Crippen LogP) is 3.65. The Morgan fingerprint density at radius 3 is 2.06 bits per heavy atom. The first-order chi connectivity index (χ1) is 15.3. The van der Waals surface area contributed by atoms with Crippen LogP contribution in [-0.4, -0.2) is 33.4 Å². The lowest BCUT2D eigenvalue weighted by molar-refractivity contribution is -0.146. The van der Waals surface area contributed by atoms with E-state index in [0.29, 0.717) is 11.4 Å². The highest BCUT2D eigenvalue weighted by Crippen LogP contribution is 2.47. The van der Waals surface area contributed by atoms with E-state index in [9.17, 15) is 18.0 Å². The maximum Gasteiger partial charge on any atom is 0.321 e. The largest absolute Gasteiger partial charge is 0.455 e. The van der Waals surface area contributed by atoms with Crippen LogP contribution in [0.15, 0.2) is 87.5 Å². The molecule has 0 aromatic heterocycles. The number of para-hydroxylation sites is 2. The molecule has 0 unspecified atom stereocenters. The molecule has 0 fully saturated rings. The van der Waals surface area contributed by atoms with Gasteiger partial charge in [-0.05, 0) is 43.3 Å². The second-order valence-corrected chi connectivity index (χ2v) is 9.92. The van der Waals surface area contributed by atoms with Crippen LogP contribution in [0.3, 0.4) is 0 Å². The number of nitrogens with zero attached hydrogens (tertiary/aromatic N) is 1. The fraction of sp³-hybridized carbons (Fsp3) is 0.130. The average molecular weight is 469 g/mol. The summed E-state index contributed by atoms with van der Waals surface area (Å²) < 4.78 is 31.9. The van der Waals surface area contributed by atoms with Gasteiger partial charge in [-0.15, -0.1) is 0 Å². The highest BCUT2D eigenvalue weighted by atomic mass is 32.2. The molecule has 4 rings (SSSR count). The fourth-order valence-electron chi connectivity index (χ4n) is 3.19. The van der Waals surface area contributed by atoms with Crippen LogP contribution in [0.2, 0.25) is 0 Å². The van der Waals surface area contributed by atoms with E-state index >= 15 is 0 Å². The number of esters is 1. The second-order valence-electron chi connectivity index (χ2n) is 7.06. The van der Waals surface area contributed by atoms with Crippen LogP contribution in [0.25, 0.3) is 0 Å². The minimum absolute atomic E-state index is 0.0472. The number of nitrogens with one attached hydrogen (secondary N) is 1. The Kier molecular flexibility index (Phi) is 6.31. The van der Waals surface area contributed by atoms with E-state index < -0.39 is 35.1 Å². The van der Waals surface area contributed by atoms with E-state index in [1.165, 1.54) is 17.0 Å². The molecule has 1 aliphatic rings. The van der Waals surface area contributed by atoms with E-state index in [-0.39, 0.29) is 4.90 Å². The molecule has 7 nitrogen and oxygen atoms in total. The number of carbonyl (C=O) groups is 2. The molecule has 0 aliphatic carbocycles. The Morgan fingerprint density at radius 2 is 1.47 bits per heavy atom. The number of hydrogen-bond donors (Lipinski definition) is 1. The van der Waals surface area contributed by atoms with Crippen molar-refractivity contribution in [3.8, 4) is 0 Å². The number of aryl methyl sites for hydroxylation is 1. The van der Waals surface area contributed by atoms with Gasteiger partial charge in [-0.1, -0.05) is 53.7 Å². The van der Waals surface area contributed by atoms with Crippen molar-refractivity contribution in [3.05, 3.63) is 78.4 Å². The highest BCUT2D eigenvalue weighted by Gasteiger charge is 2.28. The summed E-state index contributed by atoms with van der Waals surface area (Å²) in [4.78, 5) is 28.5. The molecule has 0 spiro atoms. The molecule has 0 radical (unpaired) electrons. The van der Waals surface area contributed by atoms with Crippen LogP contribution in [0.1, 0.15) is 5.56 Å². The average Bonchev–Trinajstić information content (AvgIpc) is 2.80. The maximum atomic E-state index is 13.0. The van der Waals surface area contributed by atoms with Crippen molar-refractivity contribution in [2.45, 2.75) is 21.6 Å². The third-order valence-electron chi connectivity index (χ3n) is 4.78. The van der Waals surface area contributed by atoms with Crippen LogP contribution in [0.4, 0.5) is 11.4 Å². The molecule has 3 aromatic rings. The molecule has 0 bridgehead atoms. The fourth-order valence-corrected chi connectivity index (χ4v) is 5.21. The van der Waals surface area contributed by atoms with Crippen LogP contribution in [0.5, 0.6) is 0 Å². The lowest BCUT2D eigenvalue weighted by Crippen LogP contribution is -2.35. The Labute approximate surface area is 190 Å². The Balaban J connectivity index is 1.41. The van der Waals surface area contributed by atoms with E-state index in [4.69, 9.17) is 4.74 Å². The van der Waals surface area contributed by atoms with Gasteiger partial charge in [0.25, 0.3) is 5.91 Å². The summed E-state index contributed by atoms with van der Waals surface area (Å²) in [6, 6.07) is 21.2. The first-order valence-corrected chi connectivity index (χ1v) is 12.1. The zero-order valence-electron chi connectivity index (χ0n) is 17.1. The lowest BCUT2D eigenvalue weighted by Gasteiger charge is -2.30. The molecular formula is C23H20N2O5S2. The van der Waals surface area contributed by atoms with Crippen molar-refractivity contribution in [1.82, 2.24) is 4.72 Å². The normalized spacial score (nSPS) is 12.6. The zero-order chi connectivity index (χ0) is 22.7. The molecule has 0 saturated heterocycles. The lowest BCUT2D eigenvalue weighted by atomic mass is 10.2. The molecular weight excluding hydrogens is 448 g/mol. The number of benzene rings is 3. The summed E-state index contributed by atoms with van der Waals surface area (Å²) in [7, 11) is -3.86. The number of amides is 1. The van der Waals surface area contributed by atoms with Crippen LogP contribution in [-0.2, 0) is 24.3 Å². The summed E-state index contributed by atoms with van der Waals surface area (Å²) >= 11 is 1.56. The number of anilines is 2. The standard InChI is InChI=1S/C23H20N2O5S2/c1-16-10-12-17(13-11-16)32(28,29)24-14-23(27)30-15-22(26)25-18-6-2-4-8-20(18)31-21-9-5-3-7-19(21)25/h2-13,24H,14-15H2,1H3. The van der Waals surface area contributed by atoms with E-state index in [2.05, 4.69) is 4.72 Å². The van der Waals surface area contributed by atoms with Gasteiger partial charge in [0.15, 0.2) is 6.61 Å². The van der Waals surface area contributed by atoms with Crippen LogP contribution in [0, 0.1) is 6.92 Å². The summed E-state index contributed by atoms with van der Waals surface area (Å²) in [6.07, 6.45) is 0.